The quantitative estimate of drug-likeness (QED) is 0.619. The van der Waals surface area contributed by atoms with Gasteiger partial charge in [-0.1, -0.05) is 6.92 Å². The highest BCUT2D eigenvalue weighted by molar-refractivity contribution is 5.07. The number of hydrogen-bond acceptors (Lipinski definition) is 1. The van der Waals surface area contributed by atoms with E-state index in [1.807, 2.05) is 0 Å². The third-order valence-electron chi connectivity index (χ3n) is 5.06. The van der Waals surface area contributed by atoms with E-state index in [1.165, 1.54) is 32.2 Å². The van der Waals surface area contributed by atoms with Crippen molar-refractivity contribution in [1.29, 1.82) is 0 Å². The Morgan fingerprint density at radius 1 is 1.21 bits per heavy atom. The normalized spacial score (nSPS) is 51.9. The molecule has 3 rings (SSSR count). The lowest BCUT2D eigenvalue weighted by Crippen LogP contribution is -2.37. The summed E-state index contributed by atoms with van der Waals surface area (Å²) in [7, 11) is 0. The van der Waals surface area contributed by atoms with Gasteiger partial charge in [0.15, 0.2) is 0 Å². The highest BCUT2D eigenvalue weighted by Gasteiger charge is 2.56. The Kier molecular flexibility index (Phi) is 1.81. The van der Waals surface area contributed by atoms with E-state index in [4.69, 9.17) is 0 Å². The second-order valence-electron chi connectivity index (χ2n) is 6.54. The Labute approximate surface area is 87.9 Å². The Hall–Kier alpha value is -0.0400. The van der Waals surface area contributed by atoms with Crippen molar-refractivity contribution in [1.82, 2.24) is 4.90 Å². The molecule has 0 aromatic rings. The van der Waals surface area contributed by atoms with E-state index < -0.39 is 0 Å². The van der Waals surface area contributed by atoms with Crippen molar-refractivity contribution < 1.29 is 0 Å². The van der Waals surface area contributed by atoms with E-state index in [2.05, 4.69) is 25.7 Å². The smallest absolute Gasteiger partial charge is 0.0106 e. The fraction of sp³-hybridized carbons (Fsp3) is 1.00. The maximum atomic E-state index is 2.77. The average molecular weight is 193 g/mol. The predicted octanol–water partition coefficient (Wildman–Crippen LogP) is 2.91. The highest BCUT2D eigenvalue weighted by atomic mass is 15.2. The molecule has 80 valence electrons. The number of fused-ring (bicyclic) bond motifs is 3. The van der Waals surface area contributed by atoms with Gasteiger partial charge in [0.05, 0.1) is 0 Å². The topological polar surface area (TPSA) is 3.24 Å². The molecule has 4 atom stereocenters. The first-order valence-electron chi connectivity index (χ1n) is 6.34. The zero-order valence-corrected chi connectivity index (χ0v) is 9.79. The molecule has 1 aliphatic heterocycles. The van der Waals surface area contributed by atoms with Gasteiger partial charge in [0, 0.05) is 18.6 Å². The minimum Gasteiger partial charge on any atom is -0.298 e. The summed E-state index contributed by atoms with van der Waals surface area (Å²) in [5.74, 6) is 2.14. The summed E-state index contributed by atoms with van der Waals surface area (Å²) < 4.78 is 0. The summed E-state index contributed by atoms with van der Waals surface area (Å²) in [6.45, 7) is 8.65. The predicted molar refractivity (Wildman–Crippen MR) is 59.2 cm³/mol. The lowest BCUT2D eigenvalue weighted by molar-refractivity contribution is 0.162. The van der Waals surface area contributed by atoms with Crippen LogP contribution in [0.3, 0.4) is 0 Å². The van der Waals surface area contributed by atoms with Gasteiger partial charge in [-0.05, 0) is 56.8 Å². The largest absolute Gasteiger partial charge is 0.298 e. The summed E-state index contributed by atoms with van der Waals surface area (Å²) in [4.78, 5) is 2.77. The second kappa shape index (κ2) is 2.75. The molecule has 0 N–H and O–H groups in total. The molecule has 0 spiro atoms. The molecular formula is C13H23N. The first-order chi connectivity index (χ1) is 6.58. The van der Waals surface area contributed by atoms with Gasteiger partial charge in [-0.15, -0.1) is 0 Å². The molecule has 2 aliphatic carbocycles. The van der Waals surface area contributed by atoms with Gasteiger partial charge >= 0.3 is 0 Å². The van der Waals surface area contributed by atoms with E-state index in [1.54, 1.807) is 0 Å². The Morgan fingerprint density at radius 2 is 2.00 bits per heavy atom. The van der Waals surface area contributed by atoms with Gasteiger partial charge in [0.25, 0.3) is 0 Å². The van der Waals surface area contributed by atoms with Gasteiger partial charge in [0.2, 0.25) is 0 Å². The maximum absolute atomic E-state index is 2.77. The van der Waals surface area contributed by atoms with Crippen molar-refractivity contribution in [2.24, 2.45) is 17.3 Å². The maximum Gasteiger partial charge on any atom is 0.0106 e. The molecule has 0 aromatic carbocycles. The number of nitrogens with zero attached hydrogens (tertiary/aromatic N) is 1. The van der Waals surface area contributed by atoms with E-state index in [0.717, 1.165) is 29.3 Å². The van der Waals surface area contributed by atoms with Crippen LogP contribution < -0.4 is 0 Å². The van der Waals surface area contributed by atoms with Crippen LogP contribution in [0, 0.1) is 17.3 Å². The average Bonchev–Trinajstić information content (AvgIpc) is 2.56. The van der Waals surface area contributed by atoms with Crippen LogP contribution in [0.2, 0.25) is 0 Å². The number of likely N-dealkylation sites (tertiary alicyclic amines) is 1. The molecule has 1 heteroatoms. The molecule has 1 heterocycles. The SMILES string of the molecule is CC(C)N1CC2CC1CC1(C)CC1C2. The van der Waals surface area contributed by atoms with Crippen molar-refractivity contribution in [3.8, 4) is 0 Å². The fourth-order valence-electron chi connectivity index (χ4n) is 4.11. The standard InChI is InChI=1S/C13H23N/c1-9(2)14-8-10-4-11-6-13(11,3)7-12(14)5-10/h9-12H,4-8H2,1-3H3. The minimum atomic E-state index is 0.757. The van der Waals surface area contributed by atoms with Crippen LogP contribution in [0.4, 0.5) is 0 Å². The van der Waals surface area contributed by atoms with Crippen molar-refractivity contribution in [2.45, 2.75) is 58.5 Å². The summed E-state index contributed by atoms with van der Waals surface area (Å²) in [5, 5.41) is 0. The van der Waals surface area contributed by atoms with Crippen LogP contribution in [0.15, 0.2) is 0 Å². The molecule has 4 unspecified atom stereocenters. The molecular weight excluding hydrogens is 170 g/mol. The van der Waals surface area contributed by atoms with Crippen molar-refractivity contribution in [2.75, 3.05) is 6.54 Å². The van der Waals surface area contributed by atoms with Crippen LogP contribution in [0.5, 0.6) is 0 Å². The van der Waals surface area contributed by atoms with Gasteiger partial charge in [-0.25, -0.2) is 0 Å². The lowest BCUT2D eigenvalue weighted by Gasteiger charge is -2.31. The highest BCUT2D eigenvalue weighted by Crippen LogP contribution is 2.62. The monoisotopic (exact) mass is 193 g/mol. The third-order valence-corrected chi connectivity index (χ3v) is 5.06. The summed E-state index contributed by atoms with van der Waals surface area (Å²) in [6.07, 6.45) is 6.07. The van der Waals surface area contributed by atoms with Crippen LogP contribution in [0.1, 0.15) is 46.5 Å². The van der Waals surface area contributed by atoms with E-state index in [0.29, 0.717) is 0 Å². The van der Waals surface area contributed by atoms with Crippen molar-refractivity contribution in [3.63, 3.8) is 0 Å². The molecule has 1 nitrogen and oxygen atoms in total. The zero-order valence-electron chi connectivity index (χ0n) is 9.79. The molecule has 0 amide bonds. The lowest BCUT2D eigenvalue weighted by atomic mass is 9.96. The summed E-state index contributed by atoms with van der Waals surface area (Å²) in [5.41, 5.74) is 0.757. The van der Waals surface area contributed by atoms with Gasteiger partial charge in [-0.3, -0.25) is 4.90 Å². The minimum absolute atomic E-state index is 0.757. The first kappa shape index (κ1) is 9.21. The Morgan fingerprint density at radius 3 is 2.71 bits per heavy atom. The Balaban J connectivity index is 1.79. The third kappa shape index (κ3) is 1.25. The second-order valence-corrected chi connectivity index (χ2v) is 6.54. The molecule has 2 bridgehead atoms. The van der Waals surface area contributed by atoms with Gasteiger partial charge < -0.3 is 0 Å². The van der Waals surface area contributed by atoms with Crippen molar-refractivity contribution in [3.05, 3.63) is 0 Å². The summed E-state index contributed by atoms with van der Waals surface area (Å²) >= 11 is 0. The molecule has 1 saturated heterocycles. The van der Waals surface area contributed by atoms with E-state index in [9.17, 15) is 0 Å². The van der Waals surface area contributed by atoms with Crippen LogP contribution >= 0.6 is 0 Å². The summed E-state index contributed by atoms with van der Waals surface area (Å²) in [6, 6.07) is 1.70. The van der Waals surface area contributed by atoms with E-state index in [-0.39, 0.29) is 0 Å². The molecule has 14 heavy (non-hydrogen) atoms. The first-order valence-corrected chi connectivity index (χ1v) is 6.34. The Bertz CT molecular complexity index is 248. The molecule has 0 aromatic heterocycles. The molecule has 0 radical (unpaired) electrons. The fourth-order valence-corrected chi connectivity index (χ4v) is 4.11. The van der Waals surface area contributed by atoms with Crippen LogP contribution in [-0.2, 0) is 0 Å². The van der Waals surface area contributed by atoms with Gasteiger partial charge in [0.1, 0.15) is 0 Å². The molecule has 3 aliphatic rings. The van der Waals surface area contributed by atoms with Crippen LogP contribution in [-0.4, -0.2) is 23.5 Å². The zero-order chi connectivity index (χ0) is 9.92. The van der Waals surface area contributed by atoms with E-state index >= 15 is 0 Å². The van der Waals surface area contributed by atoms with Gasteiger partial charge in [-0.2, -0.15) is 0 Å². The van der Waals surface area contributed by atoms with Crippen molar-refractivity contribution >= 4 is 0 Å². The molecule has 2 saturated carbocycles. The van der Waals surface area contributed by atoms with Crippen LogP contribution in [0.25, 0.3) is 0 Å². The number of hydrogen-bond donors (Lipinski definition) is 0. The number of rotatable bonds is 1. The molecule has 3 fully saturated rings.